The van der Waals surface area contributed by atoms with E-state index in [0.29, 0.717) is 41.5 Å². The van der Waals surface area contributed by atoms with Crippen molar-refractivity contribution in [2.45, 2.75) is 12.8 Å². The van der Waals surface area contributed by atoms with Gasteiger partial charge in [0.15, 0.2) is 0 Å². The molecule has 0 aliphatic rings. The minimum absolute atomic E-state index is 0.201. The van der Waals surface area contributed by atoms with Crippen LogP contribution < -0.4 is 4.74 Å². The van der Waals surface area contributed by atoms with Crippen LogP contribution >= 0.6 is 0 Å². The first-order valence-electron chi connectivity index (χ1n) is 9.01. The largest absolute Gasteiger partial charge is 0.424 e. The van der Waals surface area contributed by atoms with Crippen LogP contribution in [0.15, 0.2) is 66.9 Å². The Morgan fingerprint density at radius 1 is 1.00 bits per heavy atom. The lowest BCUT2D eigenvalue weighted by molar-refractivity contribution is 0.442. The summed E-state index contributed by atoms with van der Waals surface area (Å²) in [5, 5.41) is 8.87. The van der Waals surface area contributed by atoms with Gasteiger partial charge < -0.3 is 9.72 Å². The monoisotopic (exact) mass is 385 g/mol. The van der Waals surface area contributed by atoms with Gasteiger partial charge in [-0.15, -0.1) is 0 Å². The van der Waals surface area contributed by atoms with Crippen LogP contribution in [0, 0.1) is 17.1 Å². The standard InChI is InChI=1S/C22H16FN5O/c23-16-10-8-15(9-11-16)20-21(28-19(27-20)7-4-13-24)18-12-14-25-22(26-18)29-17-5-2-1-3-6-17/h1-3,5-6,8-12,14H,4,7H2,(H,27,28). The zero-order chi connectivity index (χ0) is 20.1. The summed E-state index contributed by atoms with van der Waals surface area (Å²) >= 11 is 0. The van der Waals surface area contributed by atoms with Crippen molar-refractivity contribution in [3.63, 3.8) is 0 Å². The van der Waals surface area contributed by atoms with E-state index in [1.165, 1.54) is 12.1 Å². The molecule has 0 bridgehead atoms. The lowest BCUT2D eigenvalue weighted by Gasteiger charge is -2.06. The van der Waals surface area contributed by atoms with Crippen LogP contribution in [0.25, 0.3) is 22.6 Å². The summed E-state index contributed by atoms with van der Waals surface area (Å²) in [4.78, 5) is 16.5. The highest BCUT2D eigenvalue weighted by Crippen LogP contribution is 2.30. The molecule has 2 aromatic carbocycles. The summed E-state index contributed by atoms with van der Waals surface area (Å²) in [5.41, 5.74) is 2.61. The second kappa shape index (κ2) is 8.31. The molecule has 0 fully saturated rings. The Morgan fingerprint density at radius 3 is 2.55 bits per heavy atom. The second-order valence-corrected chi connectivity index (χ2v) is 6.21. The molecule has 0 aliphatic carbocycles. The number of halogens is 1. The maximum atomic E-state index is 13.4. The molecule has 29 heavy (non-hydrogen) atoms. The van der Waals surface area contributed by atoms with E-state index in [0.717, 1.165) is 5.56 Å². The van der Waals surface area contributed by atoms with E-state index in [1.54, 1.807) is 24.4 Å². The molecule has 7 heteroatoms. The number of para-hydroxylation sites is 1. The van der Waals surface area contributed by atoms with E-state index in [9.17, 15) is 4.39 Å². The minimum Gasteiger partial charge on any atom is -0.424 e. The number of aromatic nitrogens is 4. The minimum atomic E-state index is -0.323. The third kappa shape index (κ3) is 4.28. The fourth-order valence-electron chi connectivity index (χ4n) is 2.84. The average Bonchev–Trinajstić information content (AvgIpc) is 3.18. The van der Waals surface area contributed by atoms with Crippen molar-refractivity contribution >= 4 is 0 Å². The van der Waals surface area contributed by atoms with Gasteiger partial charge in [0.2, 0.25) is 0 Å². The Hall–Kier alpha value is -4.05. The number of imidazole rings is 1. The van der Waals surface area contributed by atoms with Gasteiger partial charge in [-0.25, -0.2) is 14.4 Å². The van der Waals surface area contributed by atoms with Gasteiger partial charge in [-0.1, -0.05) is 18.2 Å². The normalized spacial score (nSPS) is 10.5. The number of benzene rings is 2. The zero-order valence-electron chi connectivity index (χ0n) is 15.3. The molecule has 0 saturated carbocycles. The van der Waals surface area contributed by atoms with E-state index in [-0.39, 0.29) is 11.8 Å². The Balaban J connectivity index is 1.73. The smallest absolute Gasteiger partial charge is 0.322 e. The summed E-state index contributed by atoms with van der Waals surface area (Å²) in [5.74, 6) is 0.962. The molecule has 4 rings (SSSR count). The summed E-state index contributed by atoms with van der Waals surface area (Å²) < 4.78 is 19.1. The predicted molar refractivity (Wildman–Crippen MR) is 105 cm³/mol. The van der Waals surface area contributed by atoms with Crippen molar-refractivity contribution in [3.05, 3.63) is 78.5 Å². The van der Waals surface area contributed by atoms with E-state index in [4.69, 9.17) is 10.00 Å². The van der Waals surface area contributed by atoms with Crippen LogP contribution in [-0.2, 0) is 6.42 Å². The van der Waals surface area contributed by atoms with Gasteiger partial charge in [0, 0.05) is 24.6 Å². The van der Waals surface area contributed by atoms with Crippen LogP contribution in [0.3, 0.4) is 0 Å². The number of nitriles is 1. The summed E-state index contributed by atoms with van der Waals surface area (Å²) in [6, 6.07) is 19.4. The number of ether oxygens (including phenoxy) is 1. The molecule has 0 aliphatic heterocycles. The first kappa shape index (κ1) is 18.3. The Morgan fingerprint density at radius 2 is 1.79 bits per heavy atom. The number of hydrogen-bond donors (Lipinski definition) is 1. The fourth-order valence-corrected chi connectivity index (χ4v) is 2.84. The first-order valence-corrected chi connectivity index (χ1v) is 9.01. The fraction of sp³-hybridized carbons (Fsp3) is 0.0909. The van der Waals surface area contributed by atoms with Crippen molar-refractivity contribution in [2.75, 3.05) is 0 Å². The van der Waals surface area contributed by atoms with Crippen LogP contribution in [0.1, 0.15) is 12.2 Å². The number of nitrogens with zero attached hydrogens (tertiary/aromatic N) is 4. The van der Waals surface area contributed by atoms with Gasteiger partial charge in [-0.2, -0.15) is 10.2 Å². The molecule has 0 radical (unpaired) electrons. The van der Waals surface area contributed by atoms with Crippen molar-refractivity contribution in [2.24, 2.45) is 0 Å². The highest BCUT2D eigenvalue weighted by Gasteiger charge is 2.16. The summed E-state index contributed by atoms with van der Waals surface area (Å²) in [6.45, 7) is 0. The van der Waals surface area contributed by atoms with Crippen LogP contribution in [0.5, 0.6) is 11.8 Å². The van der Waals surface area contributed by atoms with Gasteiger partial charge in [0.25, 0.3) is 0 Å². The molecular weight excluding hydrogens is 369 g/mol. The Labute approximate surface area is 166 Å². The molecule has 0 amide bonds. The van der Waals surface area contributed by atoms with E-state index in [1.807, 2.05) is 30.3 Å². The average molecular weight is 385 g/mol. The lowest BCUT2D eigenvalue weighted by Crippen LogP contribution is -1.94. The first-order chi connectivity index (χ1) is 14.2. The van der Waals surface area contributed by atoms with Gasteiger partial charge in [0.1, 0.15) is 17.4 Å². The number of H-pyrrole nitrogens is 1. The second-order valence-electron chi connectivity index (χ2n) is 6.21. The zero-order valence-corrected chi connectivity index (χ0v) is 15.3. The highest BCUT2D eigenvalue weighted by atomic mass is 19.1. The number of aryl methyl sites for hydroxylation is 1. The maximum absolute atomic E-state index is 13.4. The van der Waals surface area contributed by atoms with E-state index < -0.39 is 0 Å². The van der Waals surface area contributed by atoms with Crippen LogP contribution in [-0.4, -0.2) is 19.9 Å². The molecule has 142 valence electrons. The summed E-state index contributed by atoms with van der Waals surface area (Å²) in [6.07, 6.45) is 2.41. The topological polar surface area (TPSA) is 87.5 Å². The van der Waals surface area contributed by atoms with Gasteiger partial charge in [-0.05, 0) is 42.5 Å². The van der Waals surface area contributed by atoms with E-state index in [2.05, 4.69) is 26.0 Å². The molecule has 0 saturated heterocycles. The number of hydrogen-bond acceptors (Lipinski definition) is 5. The Kier molecular flexibility index (Phi) is 5.25. The number of rotatable bonds is 6. The van der Waals surface area contributed by atoms with Crippen LogP contribution in [0.4, 0.5) is 4.39 Å². The third-order valence-corrected chi connectivity index (χ3v) is 4.19. The number of nitrogens with one attached hydrogen (secondary N) is 1. The van der Waals surface area contributed by atoms with E-state index >= 15 is 0 Å². The van der Waals surface area contributed by atoms with Crippen molar-refractivity contribution in [1.29, 1.82) is 5.26 Å². The molecule has 4 aromatic rings. The molecule has 2 aromatic heterocycles. The van der Waals surface area contributed by atoms with Gasteiger partial charge >= 0.3 is 6.01 Å². The van der Waals surface area contributed by atoms with Gasteiger partial charge in [-0.3, -0.25) is 0 Å². The maximum Gasteiger partial charge on any atom is 0.322 e. The predicted octanol–water partition coefficient (Wildman–Crippen LogP) is 4.92. The summed E-state index contributed by atoms with van der Waals surface area (Å²) in [7, 11) is 0. The van der Waals surface area contributed by atoms with Crippen LogP contribution in [0.2, 0.25) is 0 Å². The van der Waals surface area contributed by atoms with Crippen molar-refractivity contribution < 1.29 is 9.13 Å². The Bertz CT molecular complexity index is 1150. The SMILES string of the molecule is N#CCCc1nc(-c2ccc(F)cc2)c(-c2ccnc(Oc3ccccc3)n2)[nH]1. The highest BCUT2D eigenvalue weighted by molar-refractivity contribution is 5.76. The molecule has 2 heterocycles. The molecule has 6 nitrogen and oxygen atoms in total. The molecular formula is C22H16FN5O. The quantitative estimate of drug-likeness (QED) is 0.509. The number of aromatic amines is 1. The molecule has 0 atom stereocenters. The van der Waals surface area contributed by atoms with Gasteiger partial charge in [0.05, 0.1) is 23.2 Å². The van der Waals surface area contributed by atoms with Crippen molar-refractivity contribution in [1.82, 2.24) is 19.9 Å². The molecule has 1 N–H and O–H groups in total. The lowest BCUT2D eigenvalue weighted by atomic mass is 10.1. The van der Waals surface area contributed by atoms with Crippen molar-refractivity contribution in [3.8, 4) is 40.5 Å². The third-order valence-electron chi connectivity index (χ3n) is 4.19. The molecule has 0 spiro atoms. The molecule has 0 unspecified atom stereocenters.